The summed E-state index contributed by atoms with van der Waals surface area (Å²) in [7, 11) is 0. The Bertz CT molecular complexity index is 1020. The van der Waals surface area contributed by atoms with Crippen molar-refractivity contribution in [1.29, 1.82) is 0 Å². The number of halogens is 2. The van der Waals surface area contributed by atoms with E-state index in [1.54, 1.807) is 6.07 Å². The highest BCUT2D eigenvalue weighted by Gasteiger charge is 2.26. The lowest BCUT2D eigenvalue weighted by Gasteiger charge is -2.32. The Morgan fingerprint density at radius 1 is 1.07 bits per heavy atom. The Kier molecular flexibility index (Phi) is 5.85. The van der Waals surface area contributed by atoms with Crippen LogP contribution >= 0.6 is 15.9 Å². The second kappa shape index (κ2) is 8.69. The lowest BCUT2D eigenvalue weighted by molar-refractivity contribution is -0.120. The van der Waals surface area contributed by atoms with Crippen LogP contribution in [0.25, 0.3) is 11.3 Å². The summed E-state index contributed by atoms with van der Waals surface area (Å²) in [4.78, 5) is 23.4. The van der Waals surface area contributed by atoms with Gasteiger partial charge in [-0.15, -0.1) is 0 Å². The van der Waals surface area contributed by atoms with Crippen LogP contribution in [0.15, 0.2) is 65.4 Å². The molecule has 0 saturated carbocycles. The van der Waals surface area contributed by atoms with E-state index in [0.29, 0.717) is 5.69 Å². The fourth-order valence-electron chi connectivity index (χ4n) is 3.51. The first kappa shape index (κ1) is 19.5. The van der Waals surface area contributed by atoms with Gasteiger partial charge in [-0.3, -0.25) is 4.79 Å². The van der Waals surface area contributed by atoms with Crippen molar-refractivity contribution in [1.82, 2.24) is 9.97 Å². The highest BCUT2D eigenvalue weighted by Crippen LogP contribution is 2.26. The van der Waals surface area contributed by atoms with Crippen LogP contribution in [0.1, 0.15) is 12.8 Å². The van der Waals surface area contributed by atoms with Gasteiger partial charge in [-0.1, -0.05) is 34.1 Å². The number of benzene rings is 2. The summed E-state index contributed by atoms with van der Waals surface area (Å²) < 4.78 is 14.4. The molecule has 3 aromatic rings. The van der Waals surface area contributed by atoms with Crippen LogP contribution in [0.5, 0.6) is 0 Å². The first-order valence-corrected chi connectivity index (χ1v) is 10.3. The molecular formula is C22H20BrFN4O. The van der Waals surface area contributed by atoms with Crippen LogP contribution in [-0.4, -0.2) is 29.0 Å². The van der Waals surface area contributed by atoms with Gasteiger partial charge in [-0.2, -0.15) is 0 Å². The van der Waals surface area contributed by atoms with E-state index in [-0.39, 0.29) is 17.6 Å². The highest BCUT2D eigenvalue weighted by molar-refractivity contribution is 9.10. The van der Waals surface area contributed by atoms with Crippen molar-refractivity contribution in [2.24, 2.45) is 5.92 Å². The molecule has 29 heavy (non-hydrogen) atoms. The number of nitrogens with zero attached hydrogens (tertiary/aromatic N) is 3. The van der Waals surface area contributed by atoms with Gasteiger partial charge in [0, 0.05) is 40.8 Å². The smallest absolute Gasteiger partial charge is 0.227 e. The number of piperidine rings is 1. The fourth-order valence-corrected chi connectivity index (χ4v) is 3.91. The normalized spacial score (nSPS) is 14.6. The molecule has 7 heteroatoms. The van der Waals surface area contributed by atoms with E-state index >= 15 is 0 Å². The van der Waals surface area contributed by atoms with E-state index in [2.05, 4.69) is 36.1 Å². The van der Waals surface area contributed by atoms with Crippen LogP contribution in [0.3, 0.4) is 0 Å². The summed E-state index contributed by atoms with van der Waals surface area (Å²) in [6.07, 6.45) is 3.00. The third-order valence-corrected chi connectivity index (χ3v) is 5.55. The molecule has 2 aromatic carbocycles. The van der Waals surface area contributed by atoms with Gasteiger partial charge in [0.2, 0.25) is 5.91 Å². The molecule has 0 spiro atoms. The standard InChI is InChI=1S/C22H20BrFN4O/c23-17-4-2-6-19(12-17)27-22(29)15-7-9-28(10-8-15)21-13-20(25-14-26-21)16-3-1-5-18(24)11-16/h1-6,11-15H,7-10H2,(H,27,29). The maximum absolute atomic E-state index is 13.5. The van der Waals surface area contributed by atoms with Crippen LogP contribution in [-0.2, 0) is 4.79 Å². The molecule has 0 atom stereocenters. The van der Waals surface area contributed by atoms with Crippen LogP contribution in [0.4, 0.5) is 15.9 Å². The van der Waals surface area contributed by atoms with E-state index in [9.17, 15) is 9.18 Å². The minimum Gasteiger partial charge on any atom is -0.356 e. The second-order valence-corrected chi connectivity index (χ2v) is 7.95. The van der Waals surface area contributed by atoms with Crippen molar-refractivity contribution in [2.45, 2.75) is 12.8 Å². The number of aromatic nitrogens is 2. The first-order valence-electron chi connectivity index (χ1n) is 9.48. The molecule has 0 aliphatic carbocycles. The van der Waals surface area contributed by atoms with Gasteiger partial charge < -0.3 is 10.2 Å². The predicted octanol–water partition coefficient (Wildman–Crippen LogP) is 4.90. The highest BCUT2D eigenvalue weighted by atomic mass is 79.9. The molecule has 1 saturated heterocycles. The summed E-state index contributed by atoms with van der Waals surface area (Å²) in [6.45, 7) is 1.46. The molecule has 1 aliphatic rings. The maximum Gasteiger partial charge on any atom is 0.227 e. The number of hydrogen-bond donors (Lipinski definition) is 1. The van der Waals surface area contributed by atoms with Crippen molar-refractivity contribution in [3.8, 4) is 11.3 Å². The minimum absolute atomic E-state index is 0.0326. The van der Waals surface area contributed by atoms with E-state index < -0.39 is 0 Å². The van der Waals surface area contributed by atoms with Crippen LogP contribution in [0, 0.1) is 11.7 Å². The SMILES string of the molecule is O=C(Nc1cccc(Br)c1)C1CCN(c2cc(-c3cccc(F)c3)ncn2)CC1. The Hall–Kier alpha value is -2.80. The van der Waals surface area contributed by atoms with E-state index in [1.807, 2.05) is 36.4 Å². The summed E-state index contributed by atoms with van der Waals surface area (Å²) in [5.41, 5.74) is 2.20. The third kappa shape index (κ3) is 4.79. The Morgan fingerprint density at radius 3 is 2.62 bits per heavy atom. The molecule has 0 unspecified atom stereocenters. The fraction of sp³-hybridized carbons (Fsp3) is 0.227. The van der Waals surface area contributed by atoms with Crippen LogP contribution < -0.4 is 10.2 Å². The number of carbonyl (C=O) groups excluding carboxylic acids is 1. The molecule has 1 fully saturated rings. The quantitative estimate of drug-likeness (QED) is 0.608. The van der Waals surface area contributed by atoms with Crippen molar-refractivity contribution in [3.63, 3.8) is 0 Å². The lowest BCUT2D eigenvalue weighted by atomic mass is 9.95. The number of nitrogens with one attached hydrogen (secondary N) is 1. The number of carbonyl (C=O) groups is 1. The molecule has 0 bridgehead atoms. The van der Waals surface area contributed by atoms with E-state index in [0.717, 1.165) is 47.5 Å². The Labute approximate surface area is 177 Å². The van der Waals surface area contributed by atoms with Gasteiger partial charge in [0.05, 0.1) is 5.69 Å². The number of rotatable bonds is 4. The molecule has 1 amide bonds. The summed E-state index contributed by atoms with van der Waals surface area (Å²) in [5, 5.41) is 2.99. The molecule has 2 heterocycles. The predicted molar refractivity (Wildman–Crippen MR) is 115 cm³/mol. The van der Waals surface area contributed by atoms with Crippen molar-refractivity contribution >= 4 is 33.3 Å². The molecular weight excluding hydrogens is 435 g/mol. The van der Waals surface area contributed by atoms with Crippen molar-refractivity contribution in [3.05, 3.63) is 71.2 Å². The molecule has 148 valence electrons. The van der Waals surface area contributed by atoms with Gasteiger partial charge in [0.1, 0.15) is 18.0 Å². The molecule has 4 rings (SSSR count). The van der Waals surface area contributed by atoms with Crippen molar-refractivity contribution in [2.75, 3.05) is 23.3 Å². The first-order chi connectivity index (χ1) is 14.1. The number of hydrogen-bond acceptors (Lipinski definition) is 4. The van der Waals surface area contributed by atoms with Gasteiger partial charge in [-0.05, 0) is 43.2 Å². The van der Waals surface area contributed by atoms with E-state index in [4.69, 9.17) is 0 Å². The molecule has 5 nitrogen and oxygen atoms in total. The average molecular weight is 455 g/mol. The zero-order valence-electron chi connectivity index (χ0n) is 15.7. The van der Waals surface area contributed by atoms with Crippen LogP contribution in [0.2, 0.25) is 0 Å². The van der Waals surface area contributed by atoms with E-state index in [1.165, 1.54) is 18.5 Å². The largest absolute Gasteiger partial charge is 0.356 e. The van der Waals surface area contributed by atoms with Gasteiger partial charge in [-0.25, -0.2) is 14.4 Å². The summed E-state index contributed by atoms with van der Waals surface area (Å²) >= 11 is 3.42. The molecule has 1 aromatic heterocycles. The topological polar surface area (TPSA) is 58.1 Å². The summed E-state index contributed by atoms with van der Waals surface area (Å²) in [6, 6.07) is 15.8. The number of anilines is 2. The monoisotopic (exact) mass is 454 g/mol. The zero-order valence-corrected chi connectivity index (χ0v) is 17.3. The minimum atomic E-state index is -0.292. The Morgan fingerprint density at radius 2 is 1.86 bits per heavy atom. The molecule has 0 radical (unpaired) electrons. The molecule has 1 aliphatic heterocycles. The average Bonchev–Trinajstić information content (AvgIpc) is 2.74. The Balaban J connectivity index is 1.39. The third-order valence-electron chi connectivity index (χ3n) is 5.05. The van der Waals surface area contributed by atoms with Gasteiger partial charge in [0.25, 0.3) is 0 Å². The van der Waals surface area contributed by atoms with Crippen molar-refractivity contribution < 1.29 is 9.18 Å². The zero-order chi connectivity index (χ0) is 20.2. The van der Waals surface area contributed by atoms with Gasteiger partial charge >= 0.3 is 0 Å². The maximum atomic E-state index is 13.5. The number of amides is 1. The molecule has 1 N–H and O–H groups in total. The lowest BCUT2D eigenvalue weighted by Crippen LogP contribution is -2.38. The van der Waals surface area contributed by atoms with Gasteiger partial charge in [0.15, 0.2) is 0 Å². The second-order valence-electron chi connectivity index (χ2n) is 7.03. The summed E-state index contributed by atoms with van der Waals surface area (Å²) in [5.74, 6) is 0.519.